The van der Waals surface area contributed by atoms with Crippen molar-refractivity contribution in [2.45, 2.75) is 58.7 Å². The molecule has 0 aromatic heterocycles. The number of carbonyl (C=O) groups excluding carboxylic acids is 3. The van der Waals surface area contributed by atoms with Gasteiger partial charge in [0.25, 0.3) is 0 Å². The van der Waals surface area contributed by atoms with Crippen molar-refractivity contribution in [1.82, 2.24) is 16.0 Å². The Hall–Kier alpha value is -2.69. The SMILES string of the molecule is CC(C)CC(N)C(=O)NC(C(=O)NCC(=O)NC(CC(=O)O)C(=O)O)C(C)C. The van der Waals surface area contributed by atoms with Gasteiger partial charge in [-0.1, -0.05) is 27.7 Å². The molecule has 7 N–H and O–H groups in total. The summed E-state index contributed by atoms with van der Waals surface area (Å²) in [5.41, 5.74) is 5.80. The van der Waals surface area contributed by atoms with Crippen LogP contribution in [-0.2, 0) is 24.0 Å². The van der Waals surface area contributed by atoms with E-state index in [1.165, 1.54) is 0 Å². The van der Waals surface area contributed by atoms with Crippen molar-refractivity contribution in [2.24, 2.45) is 17.6 Å². The van der Waals surface area contributed by atoms with Crippen LogP contribution in [0.25, 0.3) is 0 Å². The van der Waals surface area contributed by atoms with E-state index in [1.54, 1.807) is 13.8 Å². The minimum Gasteiger partial charge on any atom is -0.481 e. The predicted molar refractivity (Wildman–Crippen MR) is 99.0 cm³/mol. The van der Waals surface area contributed by atoms with Gasteiger partial charge in [0.1, 0.15) is 12.1 Å². The molecule has 0 saturated heterocycles. The van der Waals surface area contributed by atoms with Crippen molar-refractivity contribution in [1.29, 1.82) is 0 Å². The second kappa shape index (κ2) is 11.9. The molecule has 3 atom stereocenters. The first-order valence-corrected chi connectivity index (χ1v) is 8.92. The Bertz CT molecular complexity index is 592. The standard InChI is InChI=1S/C17H30N4O7/c1-8(2)5-10(18)15(25)21-14(9(3)4)16(26)19-7-12(22)20-11(17(27)28)6-13(23)24/h8-11,14H,5-7,18H2,1-4H3,(H,19,26)(H,20,22)(H,21,25)(H,23,24)(H,27,28). The molecule has 160 valence electrons. The molecule has 11 nitrogen and oxygen atoms in total. The van der Waals surface area contributed by atoms with Gasteiger partial charge in [-0.15, -0.1) is 0 Å². The lowest BCUT2D eigenvalue weighted by molar-refractivity contribution is -0.147. The summed E-state index contributed by atoms with van der Waals surface area (Å²) in [6.45, 7) is 6.65. The zero-order chi connectivity index (χ0) is 22.0. The van der Waals surface area contributed by atoms with Gasteiger partial charge < -0.3 is 31.9 Å². The Morgan fingerprint density at radius 1 is 0.929 bits per heavy atom. The van der Waals surface area contributed by atoms with Crippen LogP contribution in [0.1, 0.15) is 40.5 Å². The van der Waals surface area contributed by atoms with Crippen molar-refractivity contribution in [2.75, 3.05) is 6.54 Å². The number of hydrogen-bond donors (Lipinski definition) is 6. The van der Waals surface area contributed by atoms with Crippen LogP contribution >= 0.6 is 0 Å². The summed E-state index contributed by atoms with van der Waals surface area (Å²) in [5.74, 6) is -4.99. The number of aliphatic carboxylic acids is 2. The zero-order valence-corrected chi connectivity index (χ0v) is 16.5. The van der Waals surface area contributed by atoms with Crippen LogP contribution in [0.15, 0.2) is 0 Å². The number of nitrogens with two attached hydrogens (primary N) is 1. The molecule has 11 heteroatoms. The summed E-state index contributed by atoms with van der Waals surface area (Å²) in [5, 5.41) is 24.4. The molecule has 0 saturated carbocycles. The number of amides is 3. The number of carboxylic acids is 2. The third kappa shape index (κ3) is 9.86. The molecule has 0 spiro atoms. The fraction of sp³-hybridized carbons (Fsp3) is 0.706. The van der Waals surface area contributed by atoms with Gasteiger partial charge >= 0.3 is 11.9 Å². The minimum absolute atomic E-state index is 0.198. The molecule has 0 bridgehead atoms. The molecule has 0 heterocycles. The third-order valence-electron chi connectivity index (χ3n) is 3.74. The summed E-state index contributed by atoms with van der Waals surface area (Å²) in [6, 6.07) is -3.32. The number of nitrogens with one attached hydrogen (secondary N) is 3. The fourth-order valence-electron chi connectivity index (χ4n) is 2.31. The fourth-order valence-corrected chi connectivity index (χ4v) is 2.31. The number of carbonyl (C=O) groups is 5. The van der Waals surface area contributed by atoms with Crippen molar-refractivity contribution in [3.8, 4) is 0 Å². The van der Waals surface area contributed by atoms with Crippen molar-refractivity contribution < 1.29 is 34.2 Å². The second-order valence-corrected chi connectivity index (χ2v) is 7.24. The van der Waals surface area contributed by atoms with E-state index in [2.05, 4.69) is 10.6 Å². The van der Waals surface area contributed by atoms with E-state index in [1.807, 2.05) is 19.2 Å². The predicted octanol–water partition coefficient (Wildman–Crippen LogP) is -1.34. The van der Waals surface area contributed by atoms with Crippen molar-refractivity contribution in [3.05, 3.63) is 0 Å². The topological polar surface area (TPSA) is 188 Å². The van der Waals surface area contributed by atoms with E-state index in [9.17, 15) is 24.0 Å². The maximum Gasteiger partial charge on any atom is 0.326 e. The van der Waals surface area contributed by atoms with Crippen LogP contribution in [0.5, 0.6) is 0 Å². The molecule has 28 heavy (non-hydrogen) atoms. The Kier molecular flexibility index (Phi) is 10.8. The van der Waals surface area contributed by atoms with E-state index in [0.29, 0.717) is 6.42 Å². The molecule has 0 aromatic carbocycles. The maximum absolute atomic E-state index is 12.3. The highest BCUT2D eigenvalue weighted by molar-refractivity contribution is 5.93. The van der Waals surface area contributed by atoms with E-state index >= 15 is 0 Å². The average molecular weight is 402 g/mol. The smallest absolute Gasteiger partial charge is 0.326 e. The molecule has 0 aromatic rings. The van der Waals surface area contributed by atoms with Crippen LogP contribution in [0.2, 0.25) is 0 Å². The van der Waals surface area contributed by atoms with Gasteiger partial charge in [-0.2, -0.15) is 0 Å². The monoisotopic (exact) mass is 402 g/mol. The van der Waals surface area contributed by atoms with Gasteiger partial charge in [-0.05, 0) is 18.3 Å². The van der Waals surface area contributed by atoms with Gasteiger partial charge in [0.05, 0.1) is 19.0 Å². The second-order valence-electron chi connectivity index (χ2n) is 7.24. The molecule has 0 rings (SSSR count). The first-order chi connectivity index (χ1) is 12.8. The highest BCUT2D eigenvalue weighted by Gasteiger charge is 2.28. The Balaban J connectivity index is 4.76. The molecule has 3 amide bonds. The first kappa shape index (κ1) is 25.3. The Morgan fingerprint density at radius 3 is 1.93 bits per heavy atom. The molecular weight excluding hydrogens is 372 g/mol. The molecule has 0 aliphatic carbocycles. The van der Waals surface area contributed by atoms with Gasteiger partial charge in [0, 0.05) is 0 Å². The lowest BCUT2D eigenvalue weighted by Crippen LogP contribution is -2.55. The summed E-state index contributed by atoms with van der Waals surface area (Å²) in [7, 11) is 0. The summed E-state index contributed by atoms with van der Waals surface area (Å²) < 4.78 is 0. The van der Waals surface area contributed by atoms with Crippen LogP contribution in [0.3, 0.4) is 0 Å². The number of hydrogen-bond acceptors (Lipinski definition) is 6. The van der Waals surface area contributed by atoms with Crippen LogP contribution in [-0.4, -0.2) is 64.5 Å². The number of rotatable bonds is 12. The van der Waals surface area contributed by atoms with Gasteiger partial charge in [-0.3, -0.25) is 19.2 Å². The van der Waals surface area contributed by atoms with Gasteiger partial charge in [0.15, 0.2) is 0 Å². The van der Waals surface area contributed by atoms with E-state index in [-0.39, 0.29) is 11.8 Å². The average Bonchev–Trinajstić information content (AvgIpc) is 2.55. The lowest BCUT2D eigenvalue weighted by Gasteiger charge is -2.24. The van der Waals surface area contributed by atoms with Crippen LogP contribution in [0.4, 0.5) is 0 Å². The molecule has 0 aliphatic heterocycles. The summed E-state index contributed by atoms with van der Waals surface area (Å²) in [4.78, 5) is 57.8. The molecular formula is C17H30N4O7. The first-order valence-electron chi connectivity index (χ1n) is 8.92. The van der Waals surface area contributed by atoms with E-state index in [4.69, 9.17) is 15.9 Å². The number of carboxylic acid groups (broad SMARTS) is 2. The van der Waals surface area contributed by atoms with Crippen LogP contribution in [0, 0.1) is 11.8 Å². The normalized spacial score (nSPS) is 14.1. The van der Waals surface area contributed by atoms with Gasteiger partial charge in [0.2, 0.25) is 17.7 Å². The molecule has 0 radical (unpaired) electrons. The quantitative estimate of drug-likeness (QED) is 0.231. The molecule has 0 fully saturated rings. The maximum atomic E-state index is 12.3. The largest absolute Gasteiger partial charge is 0.481 e. The Morgan fingerprint density at radius 2 is 1.50 bits per heavy atom. The van der Waals surface area contributed by atoms with Gasteiger partial charge in [-0.25, -0.2) is 4.79 Å². The summed E-state index contributed by atoms with van der Waals surface area (Å²) >= 11 is 0. The van der Waals surface area contributed by atoms with Crippen molar-refractivity contribution in [3.63, 3.8) is 0 Å². The highest BCUT2D eigenvalue weighted by atomic mass is 16.4. The summed E-state index contributed by atoms with van der Waals surface area (Å²) in [6.07, 6.45) is -0.353. The molecule has 0 aliphatic rings. The minimum atomic E-state index is -1.61. The van der Waals surface area contributed by atoms with E-state index < -0.39 is 60.8 Å². The van der Waals surface area contributed by atoms with Crippen molar-refractivity contribution >= 4 is 29.7 Å². The third-order valence-corrected chi connectivity index (χ3v) is 3.74. The zero-order valence-electron chi connectivity index (χ0n) is 16.5. The Labute approximate surface area is 163 Å². The van der Waals surface area contributed by atoms with Crippen LogP contribution < -0.4 is 21.7 Å². The highest BCUT2D eigenvalue weighted by Crippen LogP contribution is 2.06. The molecule has 3 unspecified atom stereocenters. The lowest BCUT2D eigenvalue weighted by atomic mass is 10.0. The van der Waals surface area contributed by atoms with E-state index in [0.717, 1.165) is 0 Å².